The van der Waals surface area contributed by atoms with Crippen molar-refractivity contribution < 1.29 is 0 Å². The van der Waals surface area contributed by atoms with E-state index in [0.717, 1.165) is 35.7 Å². The fraction of sp³-hybridized carbons (Fsp3) is 0.750. The van der Waals surface area contributed by atoms with Gasteiger partial charge in [0.05, 0.1) is 17.6 Å². The van der Waals surface area contributed by atoms with Crippen LogP contribution in [0.2, 0.25) is 0 Å². The molecular formula is C12H19N3. The molecule has 3 nitrogen and oxygen atoms in total. The van der Waals surface area contributed by atoms with E-state index in [1.54, 1.807) is 6.20 Å². The summed E-state index contributed by atoms with van der Waals surface area (Å²) in [7, 11) is 0. The highest BCUT2D eigenvalue weighted by molar-refractivity contribution is 5.39. The normalized spacial score (nSPS) is 29.4. The van der Waals surface area contributed by atoms with Crippen LogP contribution in [0, 0.1) is 24.7 Å². The van der Waals surface area contributed by atoms with E-state index in [-0.39, 0.29) is 0 Å². The lowest BCUT2D eigenvalue weighted by Gasteiger charge is -2.03. The number of hydrogen-bond donors (Lipinski definition) is 1. The third-order valence-corrected chi connectivity index (χ3v) is 4.06. The SMILES string of the molecule is Cc1c(N)cnn1CC[C@@H]1C[C@H]1C1CC1. The molecule has 0 radical (unpaired) electrons. The second-order valence-electron chi connectivity index (χ2n) is 5.19. The molecule has 2 aliphatic carbocycles. The molecule has 2 aliphatic rings. The Morgan fingerprint density at radius 3 is 2.93 bits per heavy atom. The zero-order valence-electron chi connectivity index (χ0n) is 9.32. The molecule has 2 fully saturated rings. The summed E-state index contributed by atoms with van der Waals surface area (Å²) in [6.07, 6.45) is 7.52. The molecule has 2 saturated carbocycles. The van der Waals surface area contributed by atoms with E-state index in [1.807, 2.05) is 6.92 Å². The van der Waals surface area contributed by atoms with Crippen LogP contribution >= 0.6 is 0 Å². The minimum Gasteiger partial charge on any atom is -0.396 e. The summed E-state index contributed by atoms with van der Waals surface area (Å²) in [5, 5.41) is 4.29. The predicted octanol–water partition coefficient (Wildman–Crippen LogP) is 2.21. The number of aryl methyl sites for hydroxylation is 1. The highest BCUT2D eigenvalue weighted by Crippen LogP contribution is 2.55. The molecule has 0 amide bonds. The molecule has 2 atom stereocenters. The predicted molar refractivity (Wildman–Crippen MR) is 60.3 cm³/mol. The third-order valence-electron chi connectivity index (χ3n) is 4.06. The first kappa shape index (κ1) is 9.25. The molecule has 2 N–H and O–H groups in total. The molecular weight excluding hydrogens is 186 g/mol. The lowest BCUT2D eigenvalue weighted by molar-refractivity contribution is 0.502. The fourth-order valence-corrected chi connectivity index (χ4v) is 2.68. The monoisotopic (exact) mass is 205 g/mol. The number of rotatable bonds is 4. The first-order valence-electron chi connectivity index (χ1n) is 6.03. The first-order chi connectivity index (χ1) is 7.25. The van der Waals surface area contributed by atoms with Crippen LogP contribution in [0.5, 0.6) is 0 Å². The van der Waals surface area contributed by atoms with Gasteiger partial charge in [-0.25, -0.2) is 0 Å². The molecule has 1 heterocycles. The number of anilines is 1. The van der Waals surface area contributed by atoms with Gasteiger partial charge in [-0.15, -0.1) is 0 Å². The van der Waals surface area contributed by atoms with Crippen LogP contribution in [0.3, 0.4) is 0 Å². The van der Waals surface area contributed by atoms with E-state index in [4.69, 9.17) is 5.73 Å². The highest BCUT2D eigenvalue weighted by atomic mass is 15.3. The lowest BCUT2D eigenvalue weighted by Crippen LogP contribution is -2.04. The van der Waals surface area contributed by atoms with Crippen LogP contribution in [0.25, 0.3) is 0 Å². The van der Waals surface area contributed by atoms with Crippen LogP contribution in [-0.4, -0.2) is 9.78 Å². The Labute approximate surface area is 90.7 Å². The van der Waals surface area contributed by atoms with Gasteiger partial charge in [0.1, 0.15) is 0 Å². The van der Waals surface area contributed by atoms with E-state index in [1.165, 1.54) is 25.7 Å². The van der Waals surface area contributed by atoms with Gasteiger partial charge in [-0.3, -0.25) is 4.68 Å². The van der Waals surface area contributed by atoms with E-state index in [0.29, 0.717) is 0 Å². The van der Waals surface area contributed by atoms with Gasteiger partial charge in [0.15, 0.2) is 0 Å². The van der Waals surface area contributed by atoms with Crippen molar-refractivity contribution in [2.75, 3.05) is 5.73 Å². The molecule has 0 bridgehead atoms. The van der Waals surface area contributed by atoms with Crippen LogP contribution in [0.1, 0.15) is 31.4 Å². The summed E-state index contributed by atoms with van der Waals surface area (Å²) in [5.41, 5.74) is 7.71. The molecule has 1 aromatic rings. The Morgan fingerprint density at radius 1 is 1.53 bits per heavy atom. The molecule has 82 valence electrons. The Bertz CT molecular complexity index is 365. The minimum atomic E-state index is 0.824. The second-order valence-corrected chi connectivity index (χ2v) is 5.19. The summed E-state index contributed by atoms with van der Waals surface area (Å²) >= 11 is 0. The van der Waals surface area contributed by atoms with Crippen molar-refractivity contribution in [2.24, 2.45) is 17.8 Å². The summed E-state index contributed by atoms with van der Waals surface area (Å²) in [4.78, 5) is 0. The molecule has 15 heavy (non-hydrogen) atoms. The average molecular weight is 205 g/mol. The number of hydrogen-bond acceptors (Lipinski definition) is 2. The Kier molecular flexibility index (Phi) is 2.01. The molecule has 1 aromatic heterocycles. The maximum absolute atomic E-state index is 5.76. The quantitative estimate of drug-likeness (QED) is 0.819. The Hall–Kier alpha value is -0.990. The van der Waals surface area contributed by atoms with Crippen molar-refractivity contribution in [3.05, 3.63) is 11.9 Å². The van der Waals surface area contributed by atoms with Gasteiger partial charge in [-0.1, -0.05) is 0 Å². The molecule has 3 rings (SSSR count). The number of nitrogen functional groups attached to an aromatic ring is 1. The van der Waals surface area contributed by atoms with E-state index in [2.05, 4.69) is 9.78 Å². The summed E-state index contributed by atoms with van der Waals surface area (Å²) in [6.45, 7) is 3.10. The maximum Gasteiger partial charge on any atom is 0.0730 e. The molecule has 0 aliphatic heterocycles. The van der Waals surface area contributed by atoms with Gasteiger partial charge in [-0.05, 0) is 50.4 Å². The van der Waals surface area contributed by atoms with Crippen molar-refractivity contribution in [3.8, 4) is 0 Å². The van der Waals surface area contributed by atoms with Crippen molar-refractivity contribution in [1.29, 1.82) is 0 Å². The van der Waals surface area contributed by atoms with E-state index >= 15 is 0 Å². The van der Waals surface area contributed by atoms with Crippen LogP contribution in [-0.2, 0) is 6.54 Å². The number of nitrogens with zero attached hydrogens (tertiary/aromatic N) is 2. The highest BCUT2D eigenvalue weighted by Gasteiger charge is 2.46. The summed E-state index contributed by atoms with van der Waals surface area (Å²) < 4.78 is 2.05. The molecule has 0 unspecified atom stereocenters. The summed E-state index contributed by atoms with van der Waals surface area (Å²) in [6, 6.07) is 0. The Balaban J connectivity index is 1.52. The first-order valence-corrected chi connectivity index (χ1v) is 6.03. The van der Waals surface area contributed by atoms with Crippen molar-refractivity contribution in [2.45, 2.75) is 39.2 Å². The minimum absolute atomic E-state index is 0.824. The van der Waals surface area contributed by atoms with Gasteiger partial charge in [0.25, 0.3) is 0 Å². The van der Waals surface area contributed by atoms with E-state index < -0.39 is 0 Å². The van der Waals surface area contributed by atoms with E-state index in [9.17, 15) is 0 Å². The number of aromatic nitrogens is 2. The zero-order valence-corrected chi connectivity index (χ0v) is 9.32. The fourth-order valence-electron chi connectivity index (χ4n) is 2.68. The van der Waals surface area contributed by atoms with Gasteiger partial charge in [0.2, 0.25) is 0 Å². The average Bonchev–Trinajstić information content (AvgIpc) is 3.10. The lowest BCUT2D eigenvalue weighted by atomic mass is 10.2. The van der Waals surface area contributed by atoms with Crippen LogP contribution in [0.4, 0.5) is 5.69 Å². The van der Waals surface area contributed by atoms with Crippen LogP contribution in [0.15, 0.2) is 6.20 Å². The Morgan fingerprint density at radius 2 is 2.33 bits per heavy atom. The van der Waals surface area contributed by atoms with Crippen molar-refractivity contribution in [3.63, 3.8) is 0 Å². The smallest absolute Gasteiger partial charge is 0.0730 e. The van der Waals surface area contributed by atoms with Crippen LogP contribution < -0.4 is 5.73 Å². The zero-order chi connectivity index (χ0) is 10.4. The van der Waals surface area contributed by atoms with Crippen molar-refractivity contribution >= 4 is 5.69 Å². The summed E-state index contributed by atoms with van der Waals surface area (Å²) in [5.74, 6) is 3.15. The van der Waals surface area contributed by atoms with Gasteiger partial charge in [0, 0.05) is 6.54 Å². The largest absolute Gasteiger partial charge is 0.396 e. The molecule has 0 spiro atoms. The third kappa shape index (κ3) is 1.75. The molecule has 0 aromatic carbocycles. The second kappa shape index (κ2) is 3.26. The number of nitrogens with two attached hydrogens (primary N) is 1. The molecule has 0 saturated heterocycles. The van der Waals surface area contributed by atoms with Gasteiger partial charge >= 0.3 is 0 Å². The van der Waals surface area contributed by atoms with Crippen molar-refractivity contribution in [1.82, 2.24) is 9.78 Å². The standard InChI is InChI=1S/C12H19N3/c1-8-12(13)7-14-15(8)5-4-10-6-11(10)9-2-3-9/h7,9-11H,2-6,13H2,1H3/t10-,11+/m1/s1. The van der Waals surface area contributed by atoms with Gasteiger partial charge in [-0.2, -0.15) is 5.10 Å². The molecule has 3 heteroatoms. The van der Waals surface area contributed by atoms with Gasteiger partial charge < -0.3 is 5.73 Å². The maximum atomic E-state index is 5.76. The topological polar surface area (TPSA) is 43.8 Å².